The Kier molecular flexibility index (Phi) is 4.80. The normalized spacial score (nSPS) is 17.3. The van der Waals surface area contributed by atoms with E-state index in [1.807, 2.05) is 40.8 Å². The van der Waals surface area contributed by atoms with Crippen LogP contribution in [0.2, 0.25) is 0 Å². The van der Waals surface area contributed by atoms with Crippen LogP contribution in [0.3, 0.4) is 0 Å². The van der Waals surface area contributed by atoms with Gasteiger partial charge in [-0.3, -0.25) is 9.36 Å². The van der Waals surface area contributed by atoms with E-state index < -0.39 is 0 Å². The van der Waals surface area contributed by atoms with Crippen LogP contribution >= 0.6 is 11.3 Å². The number of aryl methyl sites for hydroxylation is 1. The third-order valence-electron chi connectivity index (χ3n) is 5.01. The van der Waals surface area contributed by atoms with Gasteiger partial charge < -0.3 is 10.2 Å². The fourth-order valence-corrected chi connectivity index (χ4v) is 4.47. The molecule has 1 saturated heterocycles. The second-order valence-electron chi connectivity index (χ2n) is 6.71. The summed E-state index contributed by atoms with van der Waals surface area (Å²) < 4.78 is 15.7. The Hall–Kier alpha value is -2.51. The van der Waals surface area contributed by atoms with Crippen LogP contribution in [0.15, 0.2) is 41.9 Å². The minimum Gasteiger partial charge on any atom is -0.329 e. The van der Waals surface area contributed by atoms with Crippen LogP contribution in [0.25, 0.3) is 5.13 Å². The van der Waals surface area contributed by atoms with E-state index in [0.717, 1.165) is 28.6 Å². The maximum atomic E-state index is 13.7. The molecule has 140 valence electrons. The van der Waals surface area contributed by atoms with Crippen molar-refractivity contribution in [2.45, 2.75) is 19.9 Å². The lowest BCUT2D eigenvalue weighted by Crippen LogP contribution is -2.48. The van der Waals surface area contributed by atoms with Crippen LogP contribution < -0.4 is 5.32 Å². The molecule has 1 N–H and O–H groups in total. The summed E-state index contributed by atoms with van der Waals surface area (Å²) in [7, 11) is 0. The van der Waals surface area contributed by atoms with Crippen LogP contribution in [-0.2, 0) is 0 Å². The minimum atomic E-state index is -0.285. The molecule has 2 aromatic heterocycles. The van der Waals surface area contributed by atoms with Gasteiger partial charge in [-0.1, -0.05) is 12.1 Å². The van der Waals surface area contributed by atoms with Crippen molar-refractivity contribution in [2.75, 3.05) is 19.6 Å². The Morgan fingerprint density at radius 2 is 2.19 bits per heavy atom. The molecular weight excluding hydrogens is 363 g/mol. The first-order chi connectivity index (χ1) is 13.1. The number of piperazine rings is 1. The molecule has 0 bridgehead atoms. The highest BCUT2D eigenvalue weighted by Crippen LogP contribution is 2.28. The van der Waals surface area contributed by atoms with Crippen molar-refractivity contribution in [3.8, 4) is 5.13 Å². The molecule has 3 aromatic rings. The van der Waals surface area contributed by atoms with Gasteiger partial charge in [0.05, 0.1) is 11.6 Å². The number of carbonyl (C=O) groups excluding carboxylic acids is 1. The number of halogens is 1. The maximum Gasteiger partial charge on any atom is 0.256 e. The van der Waals surface area contributed by atoms with Crippen molar-refractivity contribution >= 4 is 17.2 Å². The van der Waals surface area contributed by atoms with Crippen LogP contribution in [0.5, 0.6) is 0 Å². The first-order valence-electron chi connectivity index (χ1n) is 8.92. The van der Waals surface area contributed by atoms with Crippen LogP contribution in [0.1, 0.15) is 33.4 Å². The third kappa shape index (κ3) is 3.28. The number of amides is 1. The monoisotopic (exact) mass is 384 g/mol. The Balaban J connectivity index is 1.70. The van der Waals surface area contributed by atoms with Gasteiger partial charge in [0.2, 0.25) is 0 Å². The second kappa shape index (κ2) is 7.25. The van der Waals surface area contributed by atoms with Crippen LogP contribution in [0.4, 0.5) is 4.39 Å². The Labute approximate surface area is 161 Å². The second-order valence-corrected chi connectivity index (χ2v) is 7.58. The van der Waals surface area contributed by atoms with Crippen LogP contribution in [0, 0.1) is 19.7 Å². The number of hydrogen-bond acceptors (Lipinski definition) is 4. The molecular formula is C20H21FN4OS. The molecule has 27 heavy (non-hydrogen) atoms. The quantitative estimate of drug-likeness (QED) is 0.752. The summed E-state index contributed by atoms with van der Waals surface area (Å²) >= 11 is 1.54. The Morgan fingerprint density at radius 3 is 2.93 bits per heavy atom. The van der Waals surface area contributed by atoms with Gasteiger partial charge in [0, 0.05) is 42.6 Å². The zero-order valence-electron chi connectivity index (χ0n) is 15.3. The van der Waals surface area contributed by atoms with Crippen molar-refractivity contribution in [2.24, 2.45) is 0 Å². The van der Waals surface area contributed by atoms with E-state index in [1.165, 1.54) is 23.5 Å². The molecule has 3 heterocycles. The topological polar surface area (TPSA) is 50.2 Å². The lowest BCUT2D eigenvalue weighted by atomic mass is 10.0. The van der Waals surface area contributed by atoms with Gasteiger partial charge in [-0.15, -0.1) is 11.3 Å². The first kappa shape index (κ1) is 17.9. The Morgan fingerprint density at radius 1 is 1.33 bits per heavy atom. The molecule has 5 nitrogen and oxygen atoms in total. The Bertz CT molecular complexity index is 967. The van der Waals surface area contributed by atoms with Gasteiger partial charge in [-0.2, -0.15) is 0 Å². The molecule has 1 atom stereocenters. The summed E-state index contributed by atoms with van der Waals surface area (Å²) in [6, 6.07) is 8.23. The van der Waals surface area contributed by atoms with E-state index in [-0.39, 0.29) is 17.8 Å². The number of rotatable bonds is 3. The highest BCUT2D eigenvalue weighted by molar-refractivity contribution is 7.12. The molecule has 0 radical (unpaired) electrons. The van der Waals surface area contributed by atoms with E-state index in [4.69, 9.17) is 0 Å². The standard InChI is InChI=1S/C20H21FN4OS/c1-13-10-17(14(2)25(13)20-23-7-9-27-20)19(26)24-8-6-22-12-18(24)15-4-3-5-16(21)11-15/h3-5,7,9-11,18,22H,6,8,12H2,1-2H3. The van der Waals surface area contributed by atoms with Gasteiger partial charge in [0.15, 0.2) is 5.13 Å². The number of aromatic nitrogens is 2. The fraction of sp³-hybridized carbons (Fsp3) is 0.300. The largest absolute Gasteiger partial charge is 0.329 e. The number of carbonyl (C=O) groups is 1. The van der Waals surface area contributed by atoms with Gasteiger partial charge in [-0.25, -0.2) is 9.37 Å². The number of nitrogens with zero attached hydrogens (tertiary/aromatic N) is 3. The number of thiazole rings is 1. The number of benzene rings is 1. The van der Waals surface area contributed by atoms with Gasteiger partial charge in [0.1, 0.15) is 5.82 Å². The zero-order valence-corrected chi connectivity index (χ0v) is 16.1. The summed E-state index contributed by atoms with van der Waals surface area (Å²) in [6.07, 6.45) is 1.76. The predicted molar refractivity (Wildman–Crippen MR) is 104 cm³/mol. The molecule has 0 aliphatic carbocycles. The smallest absolute Gasteiger partial charge is 0.256 e. The molecule has 0 spiro atoms. The average Bonchev–Trinajstić information content (AvgIpc) is 3.29. The van der Waals surface area contributed by atoms with Gasteiger partial charge >= 0.3 is 0 Å². The zero-order chi connectivity index (χ0) is 19.0. The fourth-order valence-electron chi connectivity index (χ4n) is 3.71. The molecule has 1 amide bonds. The van der Waals surface area contributed by atoms with Crippen molar-refractivity contribution in [3.63, 3.8) is 0 Å². The van der Waals surface area contributed by atoms with E-state index in [1.54, 1.807) is 12.3 Å². The van der Waals surface area contributed by atoms with Gasteiger partial charge in [0.25, 0.3) is 5.91 Å². The van der Waals surface area contributed by atoms with Crippen LogP contribution in [-0.4, -0.2) is 40.0 Å². The summed E-state index contributed by atoms with van der Waals surface area (Å²) in [4.78, 5) is 19.6. The summed E-state index contributed by atoms with van der Waals surface area (Å²) in [5.74, 6) is -0.311. The lowest BCUT2D eigenvalue weighted by Gasteiger charge is -2.36. The molecule has 7 heteroatoms. The van der Waals surface area contributed by atoms with E-state index in [2.05, 4.69) is 10.3 Å². The van der Waals surface area contributed by atoms with E-state index >= 15 is 0 Å². The summed E-state index contributed by atoms with van der Waals surface area (Å²) in [5, 5.41) is 6.09. The summed E-state index contributed by atoms with van der Waals surface area (Å²) in [6.45, 7) is 5.85. The highest BCUT2D eigenvalue weighted by Gasteiger charge is 2.31. The third-order valence-corrected chi connectivity index (χ3v) is 5.77. The van der Waals surface area contributed by atoms with E-state index in [9.17, 15) is 9.18 Å². The lowest BCUT2D eigenvalue weighted by molar-refractivity contribution is 0.0633. The molecule has 1 unspecified atom stereocenters. The minimum absolute atomic E-state index is 0.0262. The van der Waals surface area contributed by atoms with Gasteiger partial charge in [-0.05, 0) is 37.6 Å². The number of hydrogen-bond donors (Lipinski definition) is 1. The highest BCUT2D eigenvalue weighted by atomic mass is 32.1. The van der Waals surface area contributed by atoms with Crippen molar-refractivity contribution in [1.82, 2.24) is 19.8 Å². The van der Waals surface area contributed by atoms with Crippen molar-refractivity contribution < 1.29 is 9.18 Å². The molecule has 1 aliphatic heterocycles. The average molecular weight is 384 g/mol. The molecule has 1 aliphatic rings. The van der Waals surface area contributed by atoms with Crippen molar-refractivity contribution in [3.05, 3.63) is 70.2 Å². The molecule has 1 aromatic carbocycles. The molecule has 4 rings (SSSR count). The first-order valence-corrected chi connectivity index (χ1v) is 9.80. The SMILES string of the molecule is Cc1cc(C(=O)N2CCNCC2c2cccc(F)c2)c(C)n1-c1nccs1. The summed E-state index contributed by atoms with van der Waals surface area (Å²) in [5.41, 5.74) is 3.34. The van der Waals surface area contributed by atoms with Crippen molar-refractivity contribution in [1.29, 1.82) is 0 Å². The predicted octanol–water partition coefficient (Wildman–Crippen LogP) is 3.48. The molecule has 1 fully saturated rings. The molecule has 0 saturated carbocycles. The number of nitrogens with one attached hydrogen (secondary N) is 1. The maximum absolute atomic E-state index is 13.7. The van der Waals surface area contributed by atoms with E-state index in [0.29, 0.717) is 18.7 Å².